The van der Waals surface area contributed by atoms with Crippen molar-refractivity contribution in [2.45, 2.75) is 6.92 Å². The van der Waals surface area contributed by atoms with Gasteiger partial charge in [-0.2, -0.15) is 0 Å². The van der Waals surface area contributed by atoms with E-state index in [1.165, 1.54) is 16.7 Å². The lowest BCUT2D eigenvalue weighted by Crippen LogP contribution is -1.80. The molecule has 0 unspecified atom stereocenters. The van der Waals surface area contributed by atoms with Crippen LogP contribution in [0.25, 0.3) is 12.2 Å². The zero-order valence-electron chi connectivity index (χ0n) is 9.11. The Labute approximate surface area is 92.0 Å². The van der Waals surface area contributed by atoms with E-state index >= 15 is 0 Å². The molecule has 15 heavy (non-hydrogen) atoms. The first-order chi connectivity index (χ1) is 7.26. The van der Waals surface area contributed by atoms with E-state index in [0.717, 1.165) is 0 Å². The molecule has 0 aliphatic rings. The molecule has 0 bridgehead atoms. The lowest BCUT2D eigenvalue weighted by Gasteiger charge is -2.00. The van der Waals surface area contributed by atoms with Crippen LogP contribution in [0.2, 0.25) is 0 Å². The summed E-state index contributed by atoms with van der Waals surface area (Å²) in [4.78, 5) is 0. The number of allylic oxidation sites excluding steroid dienone is 4. The lowest BCUT2D eigenvalue weighted by atomic mass is 10.1. The summed E-state index contributed by atoms with van der Waals surface area (Å²) >= 11 is 0. The number of rotatable bonds is 4. The highest BCUT2D eigenvalue weighted by atomic mass is 14.0. The zero-order chi connectivity index (χ0) is 11.1. The van der Waals surface area contributed by atoms with Crippen molar-refractivity contribution in [3.05, 3.63) is 72.4 Å². The molecule has 0 radical (unpaired) electrons. The SMILES string of the molecule is C=CC=Cc1cc(C)cc(C=CC=C)c1. The van der Waals surface area contributed by atoms with Crippen LogP contribution < -0.4 is 0 Å². The van der Waals surface area contributed by atoms with E-state index in [-0.39, 0.29) is 0 Å². The summed E-state index contributed by atoms with van der Waals surface area (Å²) in [6.45, 7) is 9.41. The minimum absolute atomic E-state index is 1.19. The van der Waals surface area contributed by atoms with Gasteiger partial charge in [-0.1, -0.05) is 61.7 Å². The quantitative estimate of drug-likeness (QED) is 0.626. The molecule has 0 heterocycles. The second kappa shape index (κ2) is 5.82. The van der Waals surface area contributed by atoms with E-state index < -0.39 is 0 Å². The molecular weight excluding hydrogens is 180 g/mol. The van der Waals surface area contributed by atoms with Crippen molar-refractivity contribution in [3.63, 3.8) is 0 Å². The summed E-state index contributed by atoms with van der Waals surface area (Å²) in [5.74, 6) is 0. The Balaban J connectivity index is 3.04. The molecule has 0 saturated heterocycles. The monoisotopic (exact) mass is 196 g/mol. The summed E-state index contributed by atoms with van der Waals surface area (Å²) in [7, 11) is 0. The van der Waals surface area contributed by atoms with Gasteiger partial charge in [-0.3, -0.25) is 0 Å². The smallest absolute Gasteiger partial charge is 0.0248 e. The maximum absolute atomic E-state index is 3.66. The summed E-state index contributed by atoms with van der Waals surface area (Å²) in [5, 5.41) is 0. The third-order valence-electron chi connectivity index (χ3n) is 1.97. The standard InChI is InChI=1S/C15H16/c1-4-6-8-14-10-13(3)11-15(12-14)9-7-5-2/h4-12H,1-2H2,3H3. The van der Waals surface area contributed by atoms with Crippen LogP contribution in [0, 0.1) is 6.92 Å². The first kappa shape index (κ1) is 11.3. The molecule has 0 saturated carbocycles. The minimum Gasteiger partial charge on any atom is -0.0991 e. The largest absolute Gasteiger partial charge is 0.0991 e. The second-order valence-corrected chi connectivity index (χ2v) is 3.37. The van der Waals surface area contributed by atoms with Crippen molar-refractivity contribution in [3.8, 4) is 0 Å². The normalized spacial score (nSPS) is 11.0. The van der Waals surface area contributed by atoms with Crippen LogP contribution in [-0.4, -0.2) is 0 Å². The van der Waals surface area contributed by atoms with E-state index in [0.29, 0.717) is 0 Å². The first-order valence-electron chi connectivity index (χ1n) is 4.96. The van der Waals surface area contributed by atoms with Crippen LogP contribution in [0.5, 0.6) is 0 Å². The molecule has 0 heteroatoms. The summed E-state index contributed by atoms with van der Waals surface area (Å²) in [6.07, 6.45) is 11.5. The molecule has 0 atom stereocenters. The molecule has 1 rings (SSSR count). The van der Waals surface area contributed by atoms with E-state index in [9.17, 15) is 0 Å². The van der Waals surface area contributed by atoms with Crippen molar-refractivity contribution in [1.82, 2.24) is 0 Å². The highest BCUT2D eigenvalue weighted by Crippen LogP contribution is 2.12. The van der Waals surface area contributed by atoms with Crippen molar-refractivity contribution in [1.29, 1.82) is 0 Å². The second-order valence-electron chi connectivity index (χ2n) is 3.37. The third-order valence-corrected chi connectivity index (χ3v) is 1.97. The zero-order valence-corrected chi connectivity index (χ0v) is 9.11. The molecule has 1 aromatic carbocycles. The third kappa shape index (κ3) is 3.82. The molecule has 0 aromatic heterocycles. The Kier molecular flexibility index (Phi) is 4.36. The van der Waals surface area contributed by atoms with Gasteiger partial charge in [0.15, 0.2) is 0 Å². The fourth-order valence-electron chi connectivity index (χ4n) is 1.39. The fourth-order valence-corrected chi connectivity index (χ4v) is 1.39. The van der Waals surface area contributed by atoms with Crippen LogP contribution in [0.4, 0.5) is 0 Å². The van der Waals surface area contributed by atoms with Crippen molar-refractivity contribution < 1.29 is 0 Å². The number of hydrogen-bond donors (Lipinski definition) is 0. The van der Waals surface area contributed by atoms with Gasteiger partial charge in [-0.15, -0.1) is 0 Å². The molecule has 1 aromatic rings. The van der Waals surface area contributed by atoms with Crippen LogP contribution in [0.3, 0.4) is 0 Å². The molecule has 0 aliphatic heterocycles. The maximum atomic E-state index is 3.66. The summed E-state index contributed by atoms with van der Waals surface area (Å²) in [6, 6.07) is 6.42. The van der Waals surface area contributed by atoms with E-state index in [1.807, 2.05) is 24.3 Å². The Morgan fingerprint density at radius 1 is 0.867 bits per heavy atom. The van der Waals surface area contributed by atoms with Gasteiger partial charge in [0.05, 0.1) is 0 Å². The van der Waals surface area contributed by atoms with E-state index in [4.69, 9.17) is 0 Å². The van der Waals surface area contributed by atoms with E-state index in [1.54, 1.807) is 12.2 Å². The molecule has 0 fully saturated rings. The summed E-state index contributed by atoms with van der Waals surface area (Å²) < 4.78 is 0. The molecule has 0 N–H and O–H groups in total. The van der Waals surface area contributed by atoms with E-state index in [2.05, 4.69) is 38.3 Å². The highest BCUT2D eigenvalue weighted by Gasteiger charge is 1.92. The van der Waals surface area contributed by atoms with Crippen molar-refractivity contribution >= 4 is 12.2 Å². The first-order valence-corrected chi connectivity index (χ1v) is 4.96. The van der Waals surface area contributed by atoms with Gasteiger partial charge < -0.3 is 0 Å². The van der Waals surface area contributed by atoms with Crippen LogP contribution in [0.1, 0.15) is 16.7 Å². The number of benzene rings is 1. The Morgan fingerprint density at radius 2 is 1.33 bits per heavy atom. The Morgan fingerprint density at radius 3 is 1.73 bits per heavy atom. The van der Waals surface area contributed by atoms with Gasteiger partial charge in [-0.05, 0) is 29.7 Å². The molecule has 76 valence electrons. The van der Waals surface area contributed by atoms with Crippen LogP contribution >= 0.6 is 0 Å². The van der Waals surface area contributed by atoms with Gasteiger partial charge in [0, 0.05) is 0 Å². The average Bonchev–Trinajstić information content (AvgIpc) is 2.23. The number of hydrogen-bond acceptors (Lipinski definition) is 0. The molecule has 0 aliphatic carbocycles. The Bertz CT molecular complexity index is 370. The average molecular weight is 196 g/mol. The highest BCUT2D eigenvalue weighted by molar-refractivity contribution is 5.60. The van der Waals surface area contributed by atoms with Gasteiger partial charge >= 0.3 is 0 Å². The topological polar surface area (TPSA) is 0 Å². The van der Waals surface area contributed by atoms with Crippen molar-refractivity contribution in [2.75, 3.05) is 0 Å². The number of aryl methyl sites for hydroxylation is 1. The molecular formula is C15H16. The minimum atomic E-state index is 1.19. The molecule has 0 amide bonds. The molecule has 0 spiro atoms. The van der Waals surface area contributed by atoms with Gasteiger partial charge in [0.25, 0.3) is 0 Å². The summed E-state index contributed by atoms with van der Waals surface area (Å²) in [5.41, 5.74) is 3.64. The predicted octanol–water partition coefficient (Wildman–Crippen LogP) is 4.39. The predicted molar refractivity (Wildman–Crippen MR) is 69.6 cm³/mol. The maximum Gasteiger partial charge on any atom is -0.0248 e. The van der Waals surface area contributed by atoms with Gasteiger partial charge in [0.1, 0.15) is 0 Å². The van der Waals surface area contributed by atoms with Gasteiger partial charge in [-0.25, -0.2) is 0 Å². The molecule has 0 nitrogen and oxygen atoms in total. The fraction of sp³-hybridized carbons (Fsp3) is 0.0667. The lowest BCUT2D eigenvalue weighted by molar-refractivity contribution is 1.44. The van der Waals surface area contributed by atoms with Crippen molar-refractivity contribution in [2.24, 2.45) is 0 Å². The van der Waals surface area contributed by atoms with Crippen LogP contribution in [0.15, 0.2) is 55.7 Å². The Hall–Kier alpha value is -1.82. The van der Waals surface area contributed by atoms with Crippen LogP contribution in [-0.2, 0) is 0 Å². The van der Waals surface area contributed by atoms with Gasteiger partial charge in [0.2, 0.25) is 0 Å².